The van der Waals surface area contributed by atoms with E-state index >= 15 is 0 Å². The number of allylic oxidation sites excluding steroid dienone is 2. The van der Waals surface area contributed by atoms with Crippen LogP contribution in [0.1, 0.15) is 19.4 Å². The zero-order valence-corrected chi connectivity index (χ0v) is 13.5. The summed E-state index contributed by atoms with van der Waals surface area (Å²) < 4.78 is 1.95. The summed E-state index contributed by atoms with van der Waals surface area (Å²) >= 11 is 0. The van der Waals surface area contributed by atoms with Crippen molar-refractivity contribution in [3.05, 3.63) is 72.3 Å². The third kappa shape index (κ3) is 2.65. The first-order valence-corrected chi connectivity index (χ1v) is 7.77. The molecule has 3 aromatic rings. The fourth-order valence-corrected chi connectivity index (χ4v) is 2.84. The molecule has 0 bridgehead atoms. The first-order valence-electron chi connectivity index (χ1n) is 7.77. The van der Waals surface area contributed by atoms with Crippen molar-refractivity contribution in [2.24, 2.45) is 0 Å². The minimum absolute atomic E-state index is 0.473. The van der Waals surface area contributed by atoms with E-state index < -0.39 is 0 Å². The Morgan fingerprint density at radius 3 is 2.43 bits per heavy atom. The number of aryl methyl sites for hydroxylation is 1. The quantitative estimate of drug-likeness (QED) is 0.484. The van der Waals surface area contributed by atoms with Crippen LogP contribution in [-0.2, 0) is 11.2 Å². The molecule has 0 radical (unpaired) electrons. The molecule has 0 unspecified atom stereocenters. The third-order valence-corrected chi connectivity index (χ3v) is 4.09. The van der Waals surface area contributed by atoms with E-state index in [0.717, 1.165) is 28.6 Å². The fourth-order valence-electron chi connectivity index (χ4n) is 2.84. The Hall–Kier alpha value is -2.83. The van der Waals surface area contributed by atoms with E-state index in [4.69, 9.17) is 0 Å². The number of para-hydroxylation sites is 1. The van der Waals surface area contributed by atoms with Crippen LogP contribution in [0.15, 0.2) is 66.7 Å². The molecule has 3 rings (SSSR count). The van der Waals surface area contributed by atoms with Crippen LogP contribution in [-0.4, -0.2) is 10.5 Å². The Morgan fingerprint density at radius 2 is 1.83 bits per heavy atom. The molecule has 0 spiro atoms. The van der Waals surface area contributed by atoms with E-state index in [2.05, 4.69) is 55.8 Å². The SMILES string of the molecule is C=C(C)C(=C=O)n1c(-c2ccc(CC)cc2)cc2ccccc21. The van der Waals surface area contributed by atoms with Gasteiger partial charge >= 0.3 is 0 Å². The largest absolute Gasteiger partial charge is 0.300 e. The fraction of sp³-hybridized carbons (Fsp3) is 0.143. The lowest BCUT2D eigenvalue weighted by atomic mass is 10.1. The maximum absolute atomic E-state index is 11.5. The highest BCUT2D eigenvalue weighted by molar-refractivity contribution is 5.98. The van der Waals surface area contributed by atoms with Crippen LogP contribution in [0.3, 0.4) is 0 Å². The lowest BCUT2D eigenvalue weighted by Crippen LogP contribution is -2.01. The van der Waals surface area contributed by atoms with Crippen molar-refractivity contribution < 1.29 is 4.79 Å². The normalized spacial score (nSPS) is 10.5. The van der Waals surface area contributed by atoms with E-state index in [9.17, 15) is 4.79 Å². The Kier molecular flexibility index (Phi) is 4.01. The molecule has 2 heteroatoms. The number of benzene rings is 2. The molecule has 0 saturated heterocycles. The third-order valence-electron chi connectivity index (χ3n) is 4.09. The van der Waals surface area contributed by atoms with Crippen molar-refractivity contribution >= 4 is 22.5 Å². The molecule has 1 heterocycles. The molecule has 0 saturated carbocycles. The van der Waals surface area contributed by atoms with Crippen LogP contribution in [0.2, 0.25) is 0 Å². The number of hydrogen-bond donors (Lipinski definition) is 0. The monoisotopic (exact) mass is 301 g/mol. The summed E-state index contributed by atoms with van der Waals surface area (Å²) in [5.74, 6) is 2.06. The number of hydrogen-bond acceptors (Lipinski definition) is 1. The molecule has 0 aliphatic rings. The number of rotatable bonds is 4. The second kappa shape index (κ2) is 6.12. The van der Waals surface area contributed by atoms with Crippen molar-refractivity contribution in [3.63, 3.8) is 0 Å². The predicted molar refractivity (Wildman–Crippen MR) is 97.0 cm³/mol. The van der Waals surface area contributed by atoms with Crippen LogP contribution in [0.25, 0.3) is 27.9 Å². The maximum Gasteiger partial charge on any atom is 0.151 e. The smallest absolute Gasteiger partial charge is 0.151 e. The summed E-state index contributed by atoms with van der Waals surface area (Å²) in [5.41, 5.74) is 5.52. The lowest BCUT2D eigenvalue weighted by molar-refractivity contribution is 0.568. The molecule has 1 aromatic heterocycles. The Bertz CT molecular complexity index is 922. The van der Waals surface area contributed by atoms with Gasteiger partial charge in [-0.3, -0.25) is 4.57 Å². The molecule has 0 aliphatic carbocycles. The summed E-state index contributed by atoms with van der Waals surface area (Å²) in [7, 11) is 0. The van der Waals surface area contributed by atoms with E-state index in [-0.39, 0.29) is 0 Å². The van der Waals surface area contributed by atoms with Gasteiger partial charge in [0, 0.05) is 5.39 Å². The summed E-state index contributed by atoms with van der Waals surface area (Å²) in [5, 5.41) is 1.09. The highest BCUT2D eigenvalue weighted by Crippen LogP contribution is 2.32. The standard InChI is InChI=1S/C21H19NO/c1-4-16-9-11-17(12-10-16)20-13-18-7-5-6-8-19(18)22(20)21(14-23)15(2)3/h5-13H,2,4H2,1,3H3. The highest BCUT2D eigenvalue weighted by atomic mass is 16.1. The van der Waals surface area contributed by atoms with Gasteiger partial charge in [0.05, 0.1) is 11.2 Å². The number of nitrogens with zero attached hydrogens (tertiary/aromatic N) is 1. The first-order chi connectivity index (χ1) is 11.2. The van der Waals surface area contributed by atoms with Crippen molar-refractivity contribution in [3.8, 4) is 11.3 Å². The molecule has 0 N–H and O–H groups in total. The molecular weight excluding hydrogens is 282 g/mol. The van der Waals surface area contributed by atoms with Gasteiger partial charge in [-0.25, -0.2) is 4.79 Å². The molecule has 23 heavy (non-hydrogen) atoms. The van der Waals surface area contributed by atoms with Gasteiger partial charge in [-0.2, -0.15) is 0 Å². The van der Waals surface area contributed by atoms with Crippen molar-refractivity contribution in [1.29, 1.82) is 0 Å². The molecule has 2 nitrogen and oxygen atoms in total. The second-order valence-electron chi connectivity index (χ2n) is 5.71. The first kappa shape index (κ1) is 15.1. The molecule has 0 atom stereocenters. The lowest BCUT2D eigenvalue weighted by Gasteiger charge is -2.12. The molecule has 0 fully saturated rings. The van der Waals surface area contributed by atoms with Gasteiger partial charge in [-0.1, -0.05) is 56.0 Å². The summed E-state index contributed by atoms with van der Waals surface area (Å²) in [4.78, 5) is 11.5. The number of aromatic nitrogens is 1. The van der Waals surface area contributed by atoms with E-state index in [0.29, 0.717) is 11.3 Å². The van der Waals surface area contributed by atoms with E-state index in [1.54, 1.807) is 0 Å². The van der Waals surface area contributed by atoms with E-state index in [1.807, 2.05) is 29.7 Å². The van der Waals surface area contributed by atoms with Crippen molar-refractivity contribution in [2.75, 3.05) is 0 Å². The molecule has 0 amide bonds. The minimum Gasteiger partial charge on any atom is -0.300 e. The Labute approximate surface area is 136 Å². The van der Waals surface area contributed by atoms with Gasteiger partial charge in [-0.05, 0) is 42.2 Å². The van der Waals surface area contributed by atoms with E-state index in [1.165, 1.54) is 5.56 Å². The van der Waals surface area contributed by atoms with Gasteiger partial charge in [0.2, 0.25) is 0 Å². The van der Waals surface area contributed by atoms with Gasteiger partial charge in [0.25, 0.3) is 0 Å². The van der Waals surface area contributed by atoms with Crippen LogP contribution < -0.4 is 0 Å². The topological polar surface area (TPSA) is 22.0 Å². The highest BCUT2D eigenvalue weighted by Gasteiger charge is 2.15. The van der Waals surface area contributed by atoms with Gasteiger partial charge in [0.15, 0.2) is 5.94 Å². The summed E-state index contributed by atoms with van der Waals surface area (Å²) in [6, 6.07) is 18.6. The summed E-state index contributed by atoms with van der Waals surface area (Å²) in [6.45, 7) is 7.90. The average Bonchev–Trinajstić information content (AvgIpc) is 2.95. The zero-order valence-electron chi connectivity index (χ0n) is 13.5. The van der Waals surface area contributed by atoms with Gasteiger partial charge < -0.3 is 0 Å². The second-order valence-corrected chi connectivity index (χ2v) is 5.71. The van der Waals surface area contributed by atoms with Crippen LogP contribution in [0, 0.1) is 0 Å². The van der Waals surface area contributed by atoms with Crippen molar-refractivity contribution in [2.45, 2.75) is 20.3 Å². The van der Waals surface area contributed by atoms with Gasteiger partial charge in [0.1, 0.15) is 5.70 Å². The molecule has 2 aromatic carbocycles. The number of carbonyl (C=O) groups excluding carboxylic acids is 1. The van der Waals surface area contributed by atoms with Gasteiger partial charge in [-0.15, -0.1) is 0 Å². The molecule has 114 valence electrons. The Balaban J connectivity index is 2.31. The minimum atomic E-state index is 0.473. The maximum atomic E-state index is 11.5. The predicted octanol–water partition coefficient (Wildman–Crippen LogP) is 5.12. The number of fused-ring (bicyclic) bond motifs is 1. The van der Waals surface area contributed by atoms with Crippen LogP contribution in [0.4, 0.5) is 0 Å². The molecular formula is C21H19NO. The zero-order chi connectivity index (χ0) is 16.4. The summed E-state index contributed by atoms with van der Waals surface area (Å²) in [6.07, 6.45) is 1.01. The van der Waals surface area contributed by atoms with Crippen LogP contribution >= 0.6 is 0 Å². The molecule has 0 aliphatic heterocycles. The average molecular weight is 301 g/mol. The Morgan fingerprint density at radius 1 is 1.13 bits per heavy atom. The van der Waals surface area contributed by atoms with Crippen LogP contribution in [0.5, 0.6) is 0 Å². The van der Waals surface area contributed by atoms with Crippen molar-refractivity contribution in [1.82, 2.24) is 4.57 Å².